The van der Waals surface area contributed by atoms with Crippen molar-refractivity contribution in [2.75, 3.05) is 6.54 Å². The molecule has 1 heterocycles. The van der Waals surface area contributed by atoms with Crippen LogP contribution in [0.25, 0.3) is 10.9 Å². The highest BCUT2D eigenvalue weighted by Gasteiger charge is 2.07. The van der Waals surface area contributed by atoms with E-state index in [1.807, 2.05) is 36.0 Å². The van der Waals surface area contributed by atoms with E-state index >= 15 is 0 Å². The number of carbonyl (C=O) groups is 1. The maximum atomic E-state index is 13.5. The molecule has 3 rings (SSSR count). The van der Waals surface area contributed by atoms with Gasteiger partial charge in [0.25, 0.3) is 0 Å². The molecule has 5 heteroatoms. The molecule has 0 aliphatic carbocycles. The van der Waals surface area contributed by atoms with Crippen molar-refractivity contribution in [2.45, 2.75) is 26.3 Å². The number of hydrogen-bond donors (Lipinski definition) is 1. The molecule has 0 spiro atoms. The zero-order chi connectivity index (χ0) is 16.9. The lowest BCUT2D eigenvalue weighted by atomic mass is 10.1. The number of fused-ring (bicyclic) bond motifs is 1. The summed E-state index contributed by atoms with van der Waals surface area (Å²) in [6, 6.07) is 12.7. The number of nitrogens with one attached hydrogen (secondary N) is 1. The molecule has 0 aliphatic rings. The monoisotopic (exact) mass is 325 g/mol. The molecule has 0 radical (unpaired) electrons. The number of aromatic nitrogens is 2. The Kier molecular flexibility index (Phi) is 4.89. The van der Waals surface area contributed by atoms with Gasteiger partial charge in [-0.25, -0.2) is 4.39 Å². The van der Waals surface area contributed by atoms with Crippen molar-refractivity contribution in [3.05, 3.63) is 65.6 Å². The zero-order valence-corrected chi connectivity index (χ0v) is 13.6. The molecule has 2 aromatic carbocycles. The van der Waals surface area contributed by atoms with E-state index in [-0.39, 0.29) is 11.7 Å². The number of aryl methyl sites for hydroxylation is 2. The van der Waals surface area contributed by atoms with E-state index in [0.717, 1.165) is 10.9 Å². The topological polar surface area (TPSA) is 46.9 Å². The molecule has 1 aromatic heterocycles. The van der Waals surface area contributed by atoms with Crippen LogP contribution in [0.2, 0.25) is 0 Å². The summed E-state index contributed by atoms with van der Waals surface area (Å²) in [5.41, 5.74) is 2.83. The molecule has 0 aliphatic heterocycles. The largest absolute Gasteiger partial charge is 0.356 e. The van der Waals surface area contributed by atoms with Crippen LogP contribution in [0.5, 0.6) is 0 Å². The molecule has 4 nitrogen and oxygen atoms in total. The third kappa shape index (κ3) is 3.62. The highest BCUT2D eigenvalue weighted by molar-refractivity contribution is 5.82. The maximum Gasteiger partial charge on any atom is 0.221 e. The molecule has 124 valence electrons. The van der Waals surface area contributed by atoms with Crippen molar-refractivity contribution in [1.29, 1.82) is 0 Å². The lowest BCUT2D eigenvalue weighted by molar-refractivity contribution is -0.121. The molecular formula is C19H20FN3O. The third-order valence-corrected chi connectivity index (χ3v) is 4.13. The quantitative estimate of drug-likeness (QED) is 0.756. The summed E-state index contributed by atoms with van der Waals surface area (Å²) in [6.07, 6.45) is 2.67. The third-order valence-electron chi connectivity index (χ3n) is 4.13. The summed E-state index contributed by atoms with van der Waals surface area (Å²) >= 11 is 0. The Morgan fingerprint density at radius 3 is 2.88 bits per heavy atom. The number of amides is 1. The molecule has 0 fully saturated rings. The average Bonchev–Trinajstić information content (AvgIpc) is 2.99. The van der Waals surface area contributed by atoms with Crippen LogP contribution in [0.1, 0.15) is 17.5 Å². The summed E-state index contributed by atoms with van der Waals surface area (Å²) in [6.45, 7) is 3.00. The number of nitrogens with zero attached hydrogens (tertiary/aromatic N) is 2. The van der Waals surface area contributed by atoms with Gasteiger partial charge >= 0.3 is 0 Å². The highest BCUT2D eigenvalue weighted by atomic mass is 19.1. The SMILES string of the molecule is Cc1cccc2c1cnn2CCC(=O)NCCc1ccccc1F. The van der Waals surface area contributed by atoms with Gasteiger partial charge in [0.05, 0.1) is 18.3 Å². The second-order valence-electron chi connectivity index (χ2n) is 5.82. The normalized spacial score (nSPS) is 10.9. The van der Waals surface area contributed by atoms with E-state index in [9.17, 15) is 9.18 Å². The minimum Gasteiger partial charge on any atom is -0.356 e. The van der Waals surface area contributed by atoms with E-state index in [1.54, 1.807) is 18.2 Å². The van der Waals surface area contributed by atoms with Gasteiger partial charge in [-0.2, -0.15) is 5.10 Å². The van der Waals surface area contributed by atoms with Gasteiger partial charge in [0.1, 0.15) is 5.82 Å². The van der Waals surface area contributed by atoms with Crippen LogP contribution in [-0.4, -0.2) is 22.2 Å². The van der Waals surface area contributed by atoms with Crippen molar-refractivity contribution < 1.29 is 9.18 Å². The van der Waals surface area contributed by atoms with Crippen LogP contribution < -0.4 is 5.32 Å². The van der Waals surface area contributed by atoms with E-state index in [0.29, 0.717) is 31.5 Å². The summed E-state index contributed by atoms with van der Waals surface area (Å²) in [5, 5.41) is 8.30. The first-order valence-electron chi connectivity index (χ1n) is 8.06. The fourth-order valence-corrected chi connectivity index (χ4v) is 2.76. The molecule has 24 heavy (non-hydrogen) atoms. The Morgan fingerprint density at radius 1 is 1.21 bits per heavy atom. The summed E-state index contributed by atoms with van der Waals surface area (Å²) in [7, 11) is 0. The number of benzene rings is 2. The number of hydrogen-bond acceptors (Lipinski definition) is 2. The smallest absolute Gasteiger partial charge is 0.221 e. The number of rotatable bonds is 6. The minimum absolute atomic E-state index is 0.0531. The van der Waals surface area contributed by atoms with Gasteiger partial charge in [0.2, 0.25) is 5.91 Å². The Hall–Kier alpha value is -2.69. The Bertz CT molecular complexity index is 857. The fourth-order valence-electron chi connectivity index (χ4n) is 2.76. The number of halogens is 1. The lowest BCUT2D eigenvalue weighted by Gasteiger charge is -2.07. The van der Waals surface area contributed by atoms with Crippen LogP contribution >= 0.6 is 0 Å². The first-order valence-corrected chi connectivity index (χ1v) is 8.06. The number of carbonyl (C=O) groups excluding carboxylic acids is 1. The minimum atomic E-state index is -0.231. The van der Waals surface area contributed by atoms with E-state index < -0.39 is 0 Å². The predicted molar refractivity (Wildman–Crippen MR) is 92.2 cm³/mol. The fraction of sp³-hybridized carbons (Fsp3) is 0.263. The van der Waals surface area contributed by atoms with Crippen LogP contribution in [0.4, 0.5) is 4.39 Å². The van der Waals surface area contributed by atoms with Gasteiger partial charge in [-0.3, -0.25) is 9.48 Å². The summed E-state index contributed by atoms with van der Waals surface area (Å²) in [5.74, 6) is -0.284. The van der Waals surface area contributed by atoms with Crippen LogP contribution in [0.15, 0.2) is 48.7 Å². The molecule has 0 saturated heterocycles. The van der Waals surface area contributed by atoms with Crippen molar-refractivity contribution in [2.24, 2.45) is 0 Å². The molecule has 3 aromatic rings. The van der Waals surface area contributed by atoms with Gasteiger partial charge in [-0.15, -0.1) is 0 Å². The van der Waals surface area contributed by atoms with Crippen LogP contribution in [0.3, 0.4) is 0 Å². The van der Waals surface area contributed by atoms with Crippen LogP contribution in [-0.2, 0) is 17.8 Å². The second-order valence-corrected chi connectivity index (χ2v) is 5.82. The summed E-state index contributed by atoms with van der Waals surface area (Å²) in [4.78, 5) is 12.0. The molecule has 1 amide bonds. The van der Waals surface area contributed by atoms with Gasteiger partial charge in [-0.05, 0) is 36.6 Å². The van der Waals surface area contributed by atoms with E-state index in [2.05, 4.69) is 10.4 Å². The molecule has 0 saturated carbocycles. The maximum absolute atomic E-state index is 13.5. The first-order chi connectivity index (χ1) is 11.6. The Morgan fingerprint density at radius 2 is 2.04 bits per heavy atom. The molecule has 0 atom stereocenters. The van der Waals surface area contributed by atoms with E-state index in [1.165, 1.54) is 11.6 Å². The average molecular weight is 325 g/mol. The Balaban J connectivity index is 1.50. The molecule has 1 N–H and O–H groups in total. The van der Waals surface area contributed by atoms with Gasteiger partial charge in [0, 0.05) is 18.4 Å². The first kappa shape index (κ1) is 16.2. The Labute approximate surface area is 140 Å². The summed E-state index contributed by atoms with van der Waals surface area (Å²) < 4.78 is 15.4. The van der Waals surface area contributed by atoms with Crippen LogP contribution in [0, 0.1) is 12.7 Å². The molecule has 0 unspecified atom stereocenters. The second kappa shape index (κ2) is 7.25. The van der Waals surface area contributed by atoms with Gasteiger partial charge < -0.3 is 5.32 Å². The van der Waals surface area contributed by atoms with Crippen molar-refractivity contribution in [3.63, 3.8) is 0 Å². The molecular weight excluding hydrogens is 305 g/mol. The standard InChI is InChI=1S/C19H20FN3O/c1-14-5-4-8-18-16(14)13-22-23(18)12-10-19(24)21-11-9-15-6-2-3-7-17(15)20/h2-8,13H,9-12H2,1H3,(H,21,24). The van der Waals surface area contributed by atoms with Crippen molar-refractivity contribution >= 4 is 16.8 Å². The van der Waals surface area contributed by atoms with Gasteiger partial charge in [-0.1, -0.05) is 30.3 Å². The van der Waals surface area contributed by atoms with Crippen molar-refractivity contribution in [1.82, 2.24) is 15.1 Å². The van der Waals surface area contributed by atoms with Gasteiger partial charge in [0.15, 0.2) is 0 Å². The van der Waals surface area contributed by atoms with E-state index in [4.69, 9.17) is 0 Å². The van der Waals surface area contributed by atoms with Crippen molar-refractivity contribution in [3.8, 4) is 0 Å². The zero-order valence-electron chi connectivity index (χ0n) is 13.6. The predicted octanol–water partition coefficient (Wildman–Crippen LogP) is 3.23. The molecule has 0 bridgehead atoms. The lowest BCUT2D eigenvalue weighted by Crippen LogP contribution is -2.26. The highest BCUT2D eigenvalue weighted by Crippen LogP contribution is 2.17.